The monoisotopic (exact) mass is 933 g/mol. The maximum atomic E-state index is 11.9. The van der Waals surface area contributed by atoms with Crippen LogP contribution in [-0.2, 0) is 35.2 Å². The van der Waals surface area contributed by atoms with Gasteiger partial charge in [-0.25, -0.2) is 29.5 Å². The fourth-order valence-corrected chi connectivity index (χ4v) is 8.92. The van der Waals surface area contributed by atoms with Gasteiger partial charge in [-0.3, -0.25) is 0 Å². The normalized spacial score (nSPS) is 23.2. The smallest absolute Gasteiger partial charge is 0.407 e. The van der Waals surface area contributed by atoms with Crippen LogP contribution in [0.4, 0.5) is 21.5 Å². The summed E-state index contributed by atoms with van der Waals surface area (Å²) in [7, 11) is 0. The van der Waals surface area contributed by atoms with Crippen LogP contribution in [-0.4, -0.2) is 85.1 Å². The van der Waals surface area contributed by atoms with E-state index in [9.17, 15) is 9.59 Å². The lowest BCUT2D eigenvalue weighted by molar-refractivity contribution is 0.0480. The number of nitrogens with one attached hydrogen (secondary N) is 4. The first-order valence-electron chi connectivity index (χ1n) is 25.1. The average Bonchev–Trinajstić information content (AvgIpc) is 3.24. The van der Waals surface area contributed by atoms with E-state index < -0.39 is 11.2 Å². The van der Waals surface area contributed by atoms with Gasteiger partial charge in [0.2, 0.25) is 11.9 Å². The predicted molar refractivity (Wildman–Crippen MR) is 274 cm³/mol. The summed E-state index contributed by atoms with van der Waals surface area (Å²) in [5, 5.41) is 12.9. The van der Waals surface area contributed by atoms with E-state index in [1.807, 2.05) is 69.2 Å². The zero-order chi connectivity index (χ0) is 47.5. The van der Waals surface area contributed by atoms with Crippen molar-refractivity contribution in [3.8, 4) is 0 Å². The number of ether oxygens (including phenoxy) is 2. The van der Waals surface area contributed by atoms with E-state index >= 15 is 0 Å². The van der Waals surface area contributed by atoms with E-state index in [0.29, 0.717) is 24.2 Å². The number of aromatic nitrogens is 4. The molecule has 2 aromatic heterocycles. The van der Waals surface area contributed by atoms with Gasteiger partial charge in [-0.2, -0.15) is 0 Å². The third-order valence-corrected chi connectivity index (χ3v) is 12.2. The van der Waals surface area contributed by atoms with Crippen molar-refractivity contribution in [1.82, 2.24) is 30.6 Å². The second kappa shape index (κ2) is 29.8. The Morgan fingerprint density at radius 3 is 1.14 bits per heavy atom. The molecular formula is C51H98N10O5. The topological polar surface area (TPSA) is 236 Å². The maximum Gasteiger partial charge on any atom is 0.407 e. The lowest BCUT2D eigenvalue weighted by atomic mass is 9.91. The summed E-state index contributed by atoms with van der Waals surface area (Å²) in [5.74, 6) is 1.60. The number of fused-ring (bicyclic) bond motifs is 2. The van der Waals surface area contributed by atoms with Crippen molar-refractivity contribution in [2.24, 2.45) is 11.5 Å². The Kier molecular flexibility index (Phi) is 27.2. The third-order valence-electron chi connectivity index (χ3n) is 12.2. The summed E-state index contributed by atoms with van der Waals surface area (Å²) < 4.78 is 10.5. The molecule has 0 spiro atoms. The number of carbonyl (C=O) groups is 2. The van der Waals surface area contributed by atoms with Gasteiger partial charge in [0.15, 0.2) is 0 Å². The highest BCUT2D eigenvalue weighted by Gasteiger charge is 2.27. The van der Waals surface area contributed by atoms with Crippen molar-refractivity contribution in [2.75, 3.05) is 10.6 Å². The molecule has 2 aromatic rings. The minimum Gasteiger partial charge on any atom is -0.444 e. The summed E-state index contributed by atoms with van der Waals surface area (Å²) in [4.78, 5) is 42.2. The molecule has 0 saturated heterocycles. The van der Waals surface area contributed by atoms with Gasteiger partial charge in [0.05, 0.1) is 0 Å². The first kappa shape index (κ1) is 60.2. The Balaban J connectivity index is 0.000000950. The zero-order valence-electron chi connectivity index (χ0n) is 42.7. The first-order valence-corrected chi connectivity index (χ1v) is 25.1. The van der Waals surface area contributed by atoms with Crippen molar-refractivity contribution in [3.05, 3.63) is 33.9 Å². The van der Waals surface area contributed by atoms with Crippen LogP contribution in [0, 0.1) is 13.8 Å². The van der Waals surface area contributed by atoms with Crippen molar-refractivity contribution in [2.45, 2.75) is 266 Å². The van der Waals surface area contributed by atoms with Gasteiger partial charge < -0.3 is 47.7 Å². The van der Waals surface area contributed by atoms with Gasteiger partial charge in [-0.05, 0) is 195 Å². The number of aryl methyl sites for hydroxylation is 4. The van der Waals surface area contributed by atoms with E-state index in [1.54, 1.807) is 0 Å². The molecule has 10 N–H and O–H groups in total. The number of carbonyl (C=O) groups excluding carboxylic acids is 2. The van der Waals surface area contributed by atoms with E-state index in [-0.39, 0.29) is 38.6 Å². The molecule has 3 fully saturated rings. The summed E-state index contributed by atoms with van der Waals surface area (Å²) in [6.45, 7) is 23.5. The Morgan fingerprint density at radius 1 is 0.515 bits per heavy atom. The van der Waals surface area contributed by atoms with Crippen LogP contribution in [0.5, 0.6) is 0 Å². The lowest BCUT2D eigenvalue weighted by Gasteiger charge is -2.30. The Morgan fingerprint density at radius 2 is 0.803 bits per heavy atom. The summed E-state index contributed by atoms with van der Waals surface area (Å²) in [6.07, 6.45) is 21.1. The molecule has 0 aromatic carbocycles. The summed E-state index contributed by atoms with van der Waals surface area (Å²) in [6, 6.07) is 1.99. The van der Waals surface area contributed by atoms with Crippen LogP contribution in [0.25, 0.3) is 0 Å². The fraction of sp³-hybridized carbons (Fsp3) is 0.804. The highest BCUT2D eigenvalue weighted by molar-refractivity contribution is 5.68. The van der Waals surface area contributed by atoms with E-state index in [1.165, 1.54) is 53.9 Å². The second-order valence-corrected chi connectivity index (χ2v) is 19.9. The van der Waals surface area contributed by atoms with E-state index in [4.69, 9.17) is 30.9 Å². The molecular weight excluding hydrogens is 833 g/mol. The number of anilines is 2. The molecule has 66 heavy (non-hydrogen) atoms. The molecule has 2 amide bonds. The van der Waals surface area contributed by atoms with Crippen LogP contribution in [0.3, 0.4) is 0 Å². The third kappa shape index (κ3) is 21.9. The standard InChI is InChI=1S/C20H32N4O2.C15H24N4.C11H22N2O2.2C2H6.CH4.H2O.H2/c1-13-16-7-5-6-8-17(16)24-18(21-13)22-14-9-11-15(12-10-14)23-19(25)26-20(2,3)4;1-10-13-4-2-3-5-14(13)19-15(17-10)18-12-8-6-11(16)7-9-12;1-11(2,3)15-10(14)13-9-6-4-8(12)5-7-9;2*1-2;;;/h14-15H,5-12H2,1-4H3,(H,23,25)(H,21,22,24);11-12H,2-9,16H2,1H3,(H,17,18,19);8-9H,4-7,12H2,1-3H3,(H,13,14);2*1-2H3;1H4;1H2;1H/i;;;;;;;1+2. The fourth-order valence-electron chi connectivity index (χ4n) is 8.92. The molecule has 0 atom stereocenters. The van der Waals surface area contributed by atoms with Crippen LogP contribution < -0.4 is 32.7 Å². The predicted octanol–water partition coefficient (Wildman–Crippen LogP) is 10.1. The maximum absolute atomic E-state index is 11.9. The van der Waals surface area contributed by atoms with E-state index in [2.05, 4.69) is 45.1 Å². The van der Waals surface area contributed by atoms with Crippen molar-refractivity contribution in [1.29, 1.82) is 0 Å². The molecule has 2 heterocycles. The largest absolute Gasteiger partial charge is 0.444 e. The minimum atomic E-state index is -0.454. The molecule has 3 saturated carbocycles. The number of amides is 2. The minimum absolute atomic E-state index is 0. The highest BCUT2D eigenvalue weighted by atomic mass is 16.6. The van der Waals surface area contributed by atoms with Crippen LogP contribution in [0.2, 0.25) is 0 Å². The van der Waals surface area contributed by atoms with Gasteiger partial charge in [0.1, 0.15) is 11.2 Å². The summed E-state index contributed by atoms with van der Waals surface area (Å²) >= 11 is 0. The molecule has 0 bridgehead atoms. The van der Waals surface area contributed by atoms with Crippen molar-refractivity contribution in [3.63, 3.8) is 0 Å². The van der Waals surface area contributed by atoms with Gasteiger partial charge in [0.25, 0.3) is 0 Å². The van der Waals surface area contributed by atoms with E-state index in [0.717, 1.165) is 120 Å². The van der Waals surface area contributed by atoms with Crippen LogP contribution in [0.1, 0.15) is 215 Å². The average molecular weight is 933 g/mol. The molecule has 5 aliphatic carbocycles. The quantitative estimate of drug-likeness (QED) is 0.159. The lowest BCUT2D eigenvalue weighted by Crippen LogP contribution is -2.42. The highest BCUT2D eigenvalue weighted by Crippen LogP contribution is 2.27. The number of nitrogens with two attached hydrogens (primary N) is 2. The first-order chi connectivity index (χ1) is 30.4. The number of alkyl carbamates (subject to hydrolysis) is 2. The number of nitrogens with zero attached hydrogens (tertiary/aromatic N) is 4. The van der Waals surface area contributed by atoms with Gasteiger partial charge in [-0.15, -0.1) is 0 Å². The van der Waals surface area contributed by atoms with Crippen molar-refractivity contribution >= 4 is 24.1 Å². The number of hydrogen-bond donors (Lipinski definition) is 6. The Hall–Kier alpha value is -3.82. The molecule has 0 unspecified atom stereocenters. The van der Waals surface area contributed by atoms with Gasteiger partial charge in [0, 0.05) is 60.5 Å². The molecule has 0 radical (unpaired) electrons. The second-order valence-electron chi connectivity index (χ2n) is 19.9. The molecule has 15 nitrogen and oxygen atoms in total. The van der Waals surface area contributed by atoms with Crippen LogP contribution in [0.15, 0.2) is 0 Å². The Labute approximate surface area is 401 Å². The van der Waals surface area contributed by atoms with Gasteiger partial charge >= 0.3 is 12.2 Å². The molecule has 7 rings (SSSR count). The zero-order valence-corrected chi connectivity index (χ0v) is 42.7. The number of rotatable bonds is 6. The molecule has 382 valence electrons. The van der Waals surface area contributed by atoms with Crippen molar-refractivity contribution < 1.29 is 26.0 Å². The van der Waals surface area contributed by atoms with Gasteiger partial charge in [-0.1, -0.05) is 35.1 Å². The van der Waals surface area contributed by atoms with Crippen LogP contribution >= 0.6 is 0 Å². The Bertz CT molecular complexity index is 1700. The molecule has 0 aliphatic heterocycles. The summed E-state index contributed by atoms with van der Waals surface area (Å²) in [5.41, 5.74) is 18.4. The SMILES string of the molecule is C.CC.CC.CC(C)(C)OC(=O)NC1CCC(N)CC1.Cc1nc(NC2CCC(N)CC2)nc2c1CCCC2.Cc1nc(NC2CCC(NC(=O)OC(C)(C)C)CC2)nc2c1CCCC2.O.[3HH]. The molecule has 15 heteroatoms. The molecule has 5 aliphatic rings. The number of hydrogen-bond acceptors (Lipinski definition) is 12.